The van der Waals surface area contributed by atoms with Crippen LogP contribution in [0, 0.1) is 5.41 Å². The van der Waals surface area contributed by atoms with Gasteiger partial charge in [-0.25, -0.2) is 0 Å². The highest BCUT2D eigenvalue weighted by Gasteiger charge is 2.20. The lowest BCUT2D eigenvalue weighted by Crippen LogP contribution is -2.47. The van der Waals surface area contributed by atoms with E-state index in [1.54, 1.807) is 0 Å². The summed E-state index contributed by atoms with van der Waals surface area (Å²) in [4.78, 5) is 25.5. The van der Waals surface area contributed by atoms with Gasteiger partial charge in [0.05, 0.1) is 0 Å². The lowest BCUT2D eigenvalue weighted by Gasteiger charge is -2.19. The number of rotatable bonds is 33. The van der Waals surface area contributed by atoms with E-state index in [4.69, 9.17) is 11.1 Å². The molecule has 0 fully saturated rings. The number of hydrogen-bond donors (Lipinski definition) is 5. The molecule has 1 unspecified atom stereocenters. The maximum Gasteiger partial charge on any atom is 0.242 e. The molecule has 0 aromatic carbocycles. The van der Waals surface area contributed by atoms with E-state index < -0.39 is 6.04 Å². The third-order valence-electron chi connectivity index (χ3n) is 8.47. The number of amides is 2. The third-order valence-corrected chi connectivity index (χ3v) is 8.47. The second-order valence-electron chi connectivity index (χ2n) is 12.8. The monoisotopic (exact) mass is 608 g/mol. The van der Waals surface area contributed by atoms with Crippen molar-refractivity contribution in [2.75, 3.05) is 13.1 Å². The van der Waals surface area contributed by atoms with E-state index in [-0.39, 0.29) is 17.8 Å². The summed E-state index contributed by atoms with van der Waals surface area (Å²) in [5, 5.41) is 16.1. The van der Waals surface area contributed by atoms with Crippen LogP contribution in [0.1, 0.15) is 194 Å². The number of carbonyl (C=O) groups is 2. The van der Waals surface area contributed by atoms with Crippen LogP contribution < -0.4 is 21.7 Å². The molecule has 2 amide bonds. The van der Waals surface area contributed by atoms with E-state index in [0.717, 1.165) is 25.7 Å². The van der Waals surface area contributed by atoms with E-state index >= 15 is 0 Å². The van der Waals surface area contributed by atoms with Gasteiger partial charge in [-0.15, -0.1) is 0 Å². The molecule has 43 heavy (non-hydrogen) atoms. The van der Waals surface area contributed by atoms with E-state index in [1.807, 2.05) is 0 Å². The molecular formula is C36H73N5O2. The standard InChI is InChI=1S/C36H73N5O2/c1-3-5-7-9-11-13-15-16-17-18-19-20-22-24-26-30-34(42)41-33(29-28-32-40-36(37)38)35(43)39-31-27-25-23-21-14-12-10-8-6-4-2/h33H,3-32H2,1-2H3,(H,39,43)(H,41,42)(H4,37,38,40). The first-order valence-corrected chi connectivity index (χ1v) is 18.7. The van der Waals surface area contributed by atoms with Crippen molar-refractivity contribution in [1.82, 2.24) is 16.0 Å². The van der Waals surface area contributed by atoms with Gasteiger partial charge in [-0.2, -0.15) is 0 Å². The fourth-order valence-corrected chi connectivity index (χ4v) is 5.67. The summed E-state index contributed by atoms with van der Waals surface area (Å²) >= 11 is 0. The summed E-state index contributed by atoms with van der Waals surface area (Å²) in [6.45, 7) is 5.71. The van der Waals surface area contributed by atoms with Crippen molar-refractivity contribution >= 4 is 17.8 Å². The number of guanidine groups is 1. The number of nitrogens with one attached hydrogen (secondary N) is 4. The van der Waals surface area contributed by atoms with Gasteiger partial charge in [-0.05, 0) is 25.7 Å². The molecule has 1 atom stereocenters. The molecule has 7 heteroatoms. The van der Waals surface area contributed by atoms with Crippen molar-refractivity contribution in [3.8, 4) is 0 Å². The lowest BCUT2D eigenvalue weighted by molar-refractivity contribution is -0.129. The first kappa shape index (κ1) is 41.2. The molecule has 0 aliphatic heterocycles. The highest BCUT2D eigenvalue weighted by molar-refractivity contribution is 5.87. The normalized spacial score (nSPS) is 11.8. The van der Waals surface area contributed by atoms with Crippen LogP contribution in [0.5, 0.6) is 0 Å². The summed E-state index contributed by atoms with van der Waals surface area (Å²) in [7, 11) is 0. The van der Waals surface area contributed by atoms with Gasteiger partial charge in [0.1, 0.15) is 6.04 Å². The van der Waals surface area contributed by atoms with Gasteiger partial charge in [0.25, 0.3) is 0 Å². The van der Waals surface area contributed by atoms with Gasteiger partial charge < -0.3 is 21.7 Å². The zero-order chi connectivity index (χ0) is 31.6. The van der Waals surface area contributed by atoms with Crippen LogP contribution in [0.4, 0.5) is 0 Å². The molecule has 0 aliphatic carbocycles. The Hall–Kier alpha value is -1.79. The fourth-order valence-electron chi connectivity index (χ4n) is 5.67. The average molecular weight is 608 g/mol. The molecule has 0 radical (unpaired) electrons. The van der Waals surface area contributed by atoms with Crippen LogP contribution in [-0.4, -0.2) is 36.9 Å². The van der Waals surface area contributed by atoms with Gasteiger partial charge in [0, 0.05) is 19.5 Å². The van der Waals surface area contributed by atoms with Crippen molar-refractivity contribution < 1.29 is 9.59 Å². The third kappa shape index (κ3) is 31.4. The summed E-state index contributed by atoms with van der Waals surface area (Å²) in [6, 6.07) is -0.527. The molecule has 6 N–H and O–H groups in total. The Balaban J connectivity index is 3.99. The van der Waals surface area contributed by atoms with E-state index in [9.17, 15) is 9.59 Å². The Kier molecular flexibility index (Phi) is 31.7. The zero-order valence-electron chi connectivity index (χ0n) is 28.7. The topological polar surface area (TPSA) is 120 Å². The van der Waals surface area contributed by atoms with Crippen molar-refractivity contribution in [1.29, 1.82) is 5.41 Å². The summed E-state index contributed by atoms with van der Waals surface area (Å²) in [5.74, 6) is -0.198. The second-order valence-corrected chi connectivity index (χ2v) is 12.8. The second kappa shape index (κ2) is 33.1. The van der Waals surface area contributed by atoms with E-state index in [1.165, 1.54) is 135 Å². The maximum atomic E-state index is 12.9. The van der Waals surface area contributed by atoms with Crippen LogP contribution in [0.15, 0.2) is 0 Å². The predicted octanol–water partition coefficient (Wildman–Crippen LogP) is 9.03. The molecule has 0 bridgehead atoms. The van der Waals surface area contributed by atoms with Gasteiger partial charge >= 0.3 is 0 Å². The fraction of sp³-hybridized carbons (Fsp3) is 0.917. The Labute approximate surface area is 267 Å². The van der Waals surface area contributed by atoms with Crippen molar-refractivity contribution in [3.63, 3.8) is 0 Å². The minimum atomic E-state index is -0.527. The molecule has 0 rings (SSSR count). The van der Waals surface area contributed by atoms with Gasteiger partial charge in [-0.1, -0.05) is 162 Å². The molecule has 0 saturated carbocycles. The highest BCUT2D eigenvalue weighted by atomic mass is 16.2. The van der Waals surface area contributed by atoms with Crippen molar-refractivity contribution in [3.05, 3.63) is 0 Å². The molecule has 0 aromatic heterocycles. The van der Waals surface area contributed by atoms with Gasteiger partial charge in [-0.3, -0.25) is 15.0 Å². The summed E-state index contributed by atoms with van der Waals surface area (Å²) < 4.78 is 0. The average Bonchev–Trinajstić information content (AvgIpc) is 2.99. The SMILES string of the molecule is CCCCCCCCCCCCCCCCCC(=O)NC(CCCNC(=N)N)C(=O)NCCCCCCCCCCCC. The quantitative estimate of drug-likeness (QED) is 0.0290. The molecule has 0 saturated heterocycles. The molecule has 254 valence electrons. The minimum Gasteiger partial charge on any atom is -0.370 e. The Morgan fingerprint density at radius 3 is 1.33 bits per heavy atom. The molecule has 7 nitrogen and oxygen atoms in total. The zero-order valence-corrected chi connectivity index (χ0v) is 28.7. The first-order valence-electron chi connectivity index (χ1n) is 18.7. The lowest BCUT2D eigenvalue weighted by atomic mass is 10.0. The van der Waals surface area contributed by atoms with E-state index in [0.29, 0.717) is 32.4 Å². The Bertz CT molecular complexity index is 643. The number of unbranched alkanes of at least 4 members (excludes halogenated alkanes) is 23. The van der Waals surface area contributed by atoms with Crippen LogP contribution in [0.3, 0.4) is 0 Å². The van der Waals surface area contributed by atoms with Crippen LogP contribution in [0.25, 0.3) is 0 Å². The van der Waals surface area contributed by atoms with Crippen LogP contribution in [-0.2, 0) is 9.59 Å². The van der Waals surface area contributed by atoms with Gasteiger partial charge in [0.15, 0.2) is 5.96 Å². The summed E-state index contributed by atoms with van der Waals surface area (Å²) in [5.41, 5.74) is 5.37. The number of nitrogens with two attached hydrogens (primary N) is 1. The molecule has 0 aromatic rings. The first-order chi connectivity index (χ1) is 21.0. The minimum absolute atomic E-state index is 0.0340. The van der Waals surface area contributed by atoms with Crippen LogP contribution >= 0.6 is 0 Å². The summed E-state index contributed by atoms with van der Waals surface area (Å²) in [6.07, 6.45) is 33.9. The molecule has 0 aliphatic rings. The smallest absolute Gasteiger partial charge is 0.242 e. The maximum absolute atomic E-state index is 12.9. The number of carbonyl (C=O) groups excluding carboxylic acids is 2. The predicted molar refractivity (Wildman–Crippen MR) is 185 cm³/mol. The molecular weight excluding hydrogens is 534 g/mol. The Morgan fingerprint density at radius 1 is 0.535 bits per heavy atom. The number of hydrogen-bond acceptors (Lipinski definition) is 3. The Morgan fingerprint density at radius 2 is 0.907 bits per heavy atom. The highest BCUT2D eigenvalue weighted by Crippen LogP contribution is 2.14. The van der Waals surface area contributed by atoms with Gasteiger partial charge in [0.2, 0.25) is 11.8 Å². The largest absolute Gasteiger partial charge is 0.370 e. The van der Waals surface area contributed by atoms with Crippen molar-refractivity contribution in [2.24, 2.45) is 5.73 Å². The molecule has 0 heterocycles. The van der Waals surface area contributed by atoms with E-state index in [2.05, 4.69) is 29.8 Å². The molecule has 0 spiro atoms. The van der Waals surface area contributed by atoms with Crippen molar-refractivity contribution in [2.45, 2.75) is 200 Å². The van der Waals surface area contributed by atoms with Crippen LogP contribution in [0.2, 0.25) is 0 Å².